The number of fused-ring (bicyclic) bond motifs is 2. The van der Waals surface area contributed by atoms with Gasteiger partial charge in [0.25, 0.3) is 5.91 Å². The molecular weight excluding hydrogens is 487 g/mol. The molecule has 39 heavy (non-hydrogen) atoms. The Balaban J connectivity index is 1.54. The fraction of sp³-hybridized carbons (Fsp3) is 0.235. The van der Waals surface area contributed by atoms with Gasteiger partial charge in [-0.1, -0.05) is 84.4 Å². The van der Waals surface area contributed by atoms with Gasteiger partial charge in [-0.05, 0) is 55.8 Å². The number of benzene rings is 4. The van der Waals surface area contributed by atoms with Gasteiger partial charge in [0.2, 0.25) is 0 Å². The van der Waals surface area contributed by atoms with Crippen molar-refractivity contribution in [3.8, 4) is 0 Å². The molecule has 3 atom stereocenters. The molecule has 196 valence electrons. The number of likely N-dealkylation sites (N-methyl/N-ethyl adjacent to an activating group) is 1. The minimum Gasteiger partial charge on any atom is -0.306 e. The minimum atomic E-state index is -1.18. The second kappa shape index (κ2) is 9.58. The smallest absolute Gasteiger partial charge is 0.253 e. The van der Waals surface area contributed by atoms with Crippen molar-refractivity contribution in [2.45, 2.75) is 31.8 Å². The molecule has 0 unspecified atom stereocenters. The van der Waals surface area contributed by atoms with Crippen molar-refractivity contribution in [3.05, 3.63) is 136 Å². The topological polar surface area (TPSA) is 40.6 Å². The third-order valence-corrected chi connectivity index (χ3v) is 8.57. The molecule has 6 rings (SSSR count). The number of likely N-dealkylation sites (tertiary alicyclic amines) is 1. The number of amides is 1. The molecule has 1 fully saturated rings. The van der Waals surface area contributed by atoms with Crippen LogP contribution in [0.3, 0.4) is 0 Å². The molecule has 0 radical (unpaired) electrons. The van der Waals surface area contributed by atoms with Crippen molar-refractivity contribution in [1.82, 2.24) is 4.90 Å². The van der Waals surface area contributed by atoms with E-state index in [1.807, 2.05) is 66.5 Å². The molecule has 1 spiro atoms. The Kier molecular flexibility index (Phi) is 6.19. The van der Waals surface area contributed by atoms with E-state index in [9.17, 15) is 14.0 Å². The number of Topliss-reactive ketones (excluding diaryl/α,β-unsaturated/α-hetero) is 1. The van der Waals surface area contributed by atoms with Crippen molar-refractivity contribution in [3.63, 3.8) is 0 Å². The number of rotatable bonds is 5. The van der Waals surface area contributed by atoms with Crippen molar-refractivity contribution < 1.29 is 14.0 Å². The summed E-state index contributed by atoms with van der Waals surface area (Å²) in [6.07, 6.45) is 0. The lowest BCUT2D eigenvalue weighted by Gasteiger charge is -2.36. The summed E-state index contributed by atoms with van der Waals surface area (Å²) in [7, 11) is 1.94. The van der Waals surface area contributed by atoms with E-state index < -0.39 is 11.5 Å². The van der Waals surface area contributed by atoms with E-state index in [1.165, 1.54) is 12.1 Å². The number of hydrogen-bond acceptors (Lipinski definition) is 3. The summed E-state index contributed by atoms with van der Waals surface area (Å²) in [5, 5.41) is 0. The van der Waals surface area contributed by atoms with Crippen LogP contribution in [0.2, 0.25) is 0 Å². The van der Waals surface area contributed by atoms with Crippen LogP contribution in [0.15, 0.2) is 97.1 Å². The first-order chi connectivity index (χ1) is 18.8. The van der Waals surface area contributed by atoms with Gasteiger partial charge in [0.05, 0.1) is 12.5 Å². The van der Waals surface area contributed by atoms with Crippen LogP contribution in [0.5, 0.6) is 0 Å². The molecule has 2 heterocycles. The lowest BCUT2D eigenvalue weighted by molar-refractivity contribution is -0.129. The molecule has 5 heteroatoms. The maximum Gasteiger partial charge on any atom is 0.253 e. The van der Waals surface area contributed by atoms with Gasteiger partial charge in [-0.2, -0.15) is 0 Å². The van der Waals surface area contributed by atoms with Gasteiger partial charge in [-0.25, -0.2) is 4.39 Å². The Morgan fingerprint density at radius 2 is 1.62 bits per heavy atom. The minimum absolute atomic E-state index is 0.0778. The van der Waals surface area contributed by atoms with Gasteiger partial charge in [0.15, 0.2) is 5.78 Å². The highest BCUT2D eigenvalue weighted by Crippen LogP contribution is 2.57. The summed E-state index contributed by atoms with van der Waals surface area (Å²) in [5.74, 6) is -1.47. The molecule has 0 N–H and O–H groups in total. The van der Waals surface area contributed by atoms with Gasteiger partial charge in [-0.3, -0.25) is 14.5 Å². The fourth-order valence-electron chi connectivity index (χ4n) is 6.66. The van der Waals surface area contributed by atoms with Gasteiger partial charge >= 0.3 is 0 Å². The lowest BCUT2D eigenvalue weighted by atomic mass is 9.70. The van der Waals surface area contributed by atoms with E-state index in [0.29, 0.717) is 18.7 Å². The van der Waals surface area contributed by atoms with E-state index in [1.54, 1.807) is 12.1 Å². The van der Waals surface area contributed by atoms with Gasteiger partial charge in [0.1, 0.15) is 11.4 Å². The number of anilines is 1. The largest absolute Gasteiger partial charge is 0.306 e. The van der Waals surface area contributed by atoms with Gasteiger partial charge in [0, 0.05) is 29.3 Å². The molecule has 0 aromatic heterocycles. The van der Waals surface area contributed by atoms with Crippen LogP contribution in [-0.2, 0) is 16.9 Å². The van der Waals surface area contributed by atoms with Crippen LogP contribution in [0.4, 0.5) is 10.1 Å². The summed E-state index contributed by atoms with van der Waals surface area (Å²) >= 11 is 0. The summed E-state index contributed by atoms with van der Waals surface area (Å²) in [5.41, 5.74) is 5.26. The third-order valence-electron chi connectivity index (χ3n) is 8.57. The second-order valence-electron chi connectivity index (χ2n) is 10.9. The number of para-hydroxylation sites is 1. The zero-order chi connectivity index (χ0) is 27.3. The zero-order valence-corrected chi connectivity index (χ0v) is 22.4. The Bertz CT molecular complexity index is 1570. The molecule has 0 bridgehead atoms. The molecule has 2 aliphatic rings. The number of hydrogen-bond donors (Lipinski definition) is 0. The van der Waals surface area contributed by atoms with Crippen molar-refractivity contribution in [2.75, 3.05) is 18.5 Å². The molecule has 2 aliphatic heterocycles. The molecule has 0 aliphatic carbocycles. The third kappa shape index (κ3) is 3.92. The van der Waals surface area contributed by atoms with Crippen molar-refractivity contribution >= 4 is 17.4 Å². The Hall–Kier alpha value is -4.09. The Labute approximate surface area is 228 Å². The van der Waals surface area contributed by atoms with Crippen LogP contribution >= 0.6 is 0 Å². The van der Waals surface area contributed by atoms with E-state index in [-0.39, 0.29) is 23.4 Å². The molecule has 4 nitrogen and oxygen atoms in total. The monoisotopic (exact) mass is 518 g/mol. The summed E-state index contributed by atoms with van der Waals surface area (Å²) in [6, 6.07) is 29.7. The average Bonchev–Trinajstić information content (AvgIpc) is 3.39. The molecule has 0 saturated carbocycles. The highest BCUT2D eigenvalue weighted by molar-refractivity contribution is 6.13. The van der Waals surface area contributed by atoms with E-state index in [2.05, 4.69) is 36.9 Å². The van der Waals surface area contributed by atoms with Crippen LogP contribution in [0, 0.1) is 25.6 Å². The standard InChI is InChI=1S/C34H31FN2O2/c1-22-13-14-23(2)26(19-22)20-37-30-12-8-7-11-29(30)34(33(37)39)31(32(38)25-9-5-4-6-10-25)28(21-36(34)3)24-15-17-27(35)18-16-24/h4-19,28,31H,20-21H2,1-3H3/t28-,31-,34+/m1/s1. The van der Waals surface area contributed by atoms with E-state index in [4.69, 9.17) is 0 Å². The highest BCUT2D eigenvalue weighted by atomic mass is 19.1. The SMILES string of the molecule is Cc1ccc(C)c(CN2C(=O)[C@]3(c4ccccc42)[C@@H](C(=O)c2ccccc2)[C@@H](c2ccc(F)cc2)CN3C)c1. The van der Waals surface area contributed by atoms with Crippen LogP contribution in [0.1, 0.15) is 44.1 Å². The van der Waals surface area contributed by atoms with E-state index >= 15 is 0 Å². The highest BCUT2D eigenvalue weighted by Gasteiger charge is 2.66. The van der Waals surface area contributed by atoms with Crippen LogP contribution in [0.25, 0.3) is 0 Å². The second-order valence-corrected chi connectivity index (χ2v) is 10.9. The predicted octanol–water partition coefficient (Wildman–Crippen LogP) is 6.41. The molecular formula is C34H31FN2O2. The molecule has 1 amide bonds. The number of carbonyl (C=O) groups is 2. The molecule has 4 aromatic rings. The zero-order valence-electron chi connectivity index (χ0n) is 22.4. The van der Waals surface area contributed by atoms with E-state index in [0.717, 1.165) is 33.5 Å². The van der Waals surface area contributed by atoms with Gasteiger partial charge < -0.3 is 4.90 Å². The first-order valence-electron chi connectivity index (χ1n) is 13.4. The fourth-order valence-corrected chi connectivity index (χ4v) is 6.66. The number of carbonyl (C=O) groups excluding carboxylic acids is 2. The van der Waals surface area contributed by atoms with Crippen LogP contribution < -0.4 is 4.90 Å². The first-order valence-corrected chi connectivity index (χ1v) is 13.4. The molecule has 1 saturated heterocycles. The number of aryl methyl sites for hydroxylation is 2. The Morgan fingerprint density at radius 3 is 2.36 bits per heavy atom. The summed E-state index contributed by atoms with van der Waals surface area (Å²) in [4.78, 5) is 33.2. The van der Waals surface area contributed by atoms with Crippen LogP contribution in [-0.4, -0.2) is 30.2 Å². The van der Waals surface area contributed by atoms with Crippen molar-refractivity contribution in [1.29, 1.82) is 0 Å². The lowest BCUT2D eigenvalue weighted by Crippen LogP contribution is -2.53. The average molecular weight is 519 g/mol. The summed E-state index contributed by atoms with van der Waals surface area (Å²) < 4.78 is 13.9. The van der Waals surface area contributed by atoms with Gasteiger partial charge in [-0.15, -0.1) is 0 Å². The summed E-state index contributed by atoms with van der Waals surface area (Å²) in [6.45, 7) is 5.03. The maximum absolute atomic E-state index is 14.8. The quantitative estimate of drug-likeness (QED) is 0.287. The molecule has 4 aromatic carbocycles. The number of nitrogens with zero attached hydrogens (tertiary/aromatic N) is 2. The predicted molar refractivity (Wildman–Crippen MR) is 151 cm³/mol. The first kappa shape index (κ1) is 25.2. The number of halogens is 1. The number of ketones is 1. The van der Waals surface area contributed by atoms with Crippen molar-refractivity contribution in [2.24, 2.45) is 5.92 Å². The Morgan fingerprint density at radius 1 is 0.923 bits per heavy atom. The normalized spacial score (nSPS) is 22.5. The maximum atomic E-state index is 14.8.